The van der Waals surface area contributed by atoms with Gasteiger partial charge in [-0.25, -0.2) is 8.42 Å². The van der Waals surface area contributed by atoms with Crippen LogP contribution >= 0.6 is 0 Å². The molecular weight excluding hydrogens is 440 g/mol. The van der Waals surface area contributed by atoms with Crippen LogP contribution in [0.15, 0.2) is 58.3 Å². The first-order valence-corrected chi connectivity index (χ1v) is 12.1. The van der Waals surface area contributed by atoms with Crippen LogP contribution in [0, 0.1) is 6.92 Å². The Kier molecular flexibility index (Phi) is 6.36. The minimum atomic E-state index is -3.68. The van der Waals surface area contributed by atoms with Gasteiger partial charge in [-0.1, -0.05) is 23.8 Å². The Morgan fingerprint density at radius 2 is 1.48 bits per heavy atom. The second kappa shape index (κ2) is 9.08. The molecule has 0 saturated heterocycles. The Morgan fingerprint density at radius 1 is 0.818 bits per heavy atom. The number of hydrogen-bond donors (Lipinski definition) is 0. The Bertz CT molecular complexity index is 1280. The van der Waals surface area contributed by atoms with Crippen LogP contribution < -0.4 is 14.2 Å². The van der Waals surface area contributed by atoms with Crippen molar-refractivity contribution < 1.29 is 27.4 Å². The fourth-order valence-corrected chi connectivity index (χ4v) is 5.74. The highest BCUT2D eigenvalue weighted by molar-refractivity contribution is 7.91. The quantitative estimate of drug-likeness (QED) is 0.498. The number of rotatable bonds is 6. The van der Waals surface area contributed by atoms with Crippen LogP contribution in [0.5, 0.6) is 17.2 Å². The first-order chi connectivity index (χ1) is 15.8. The monoisotopic (exact) mass is 468 g/mol. The van der Waals surface area contributed by atoms with E-state index in [9.17, 15) is 8.42 Å². The summed E-state index contributed by atoms with van der Waals surface area (Å²) in [6, 6.07) is 14.0. The molecule has 0 aliphatic heterocycles. The van der Waals surface area contributed by atoms with E-state index in [4.69, 9.17) is 18.9 Å². The number of benzene rings is 3. The molecule has 0 fully saturated rings. The summed E-state index contributed by atoms with van der Waals surface area (Å²) in [6.45, 7) is 1.93. The molecule has 7 heteroatoms. The maximum absolute atomic E-state index is 13.4. The van der Waals surface area contributed by atoms with Gasteiger partial charge in [0, 0.05) is 12.7 Å². The summed E-state index contributed by atoms with van der Waals surface area (Å²) >= 11 is 0. The van der Waals surface area contributed by atoms with Crippen molar-refractivity contribution >= 4 is 9.84 Å². The minimum absolute atomic E-state index is 0.232. The molecule has 1 unspecified atom stereocenters. The van der Waals surface area contributed by atoms with Gasteiger partial charge < -0.3 is 18.9 Å². The molecule has 1 atom stereocenters. The summed E-state index contributed by atoms with van der Waals surface area (Å²) in [5.74, 6) is 1.64. The summed E-state index contributed by atoms with van der Waals surface area (Å²) in [6.07, 6.45) is 1.12. The fourth-order valence-electron chi connectivity index (χ4n) is 4.44. The molecule has 1 aliphatic carbocycles. The maximum atomic E-state index is 13.4. The molecule has 4 rings (SSSR count). The predicted molar refractivity (Wildman–Crippen MR) is 126 cm³/mol. The summed E-state index contributed by atoms with van der Waals surface area (Å²) in [5, 5.41) is 0. The zero-order valence-corrected chi connectivity index (χ0v) is 20.3. The van der Waals surface area contributed by atoms with Gasteiger partial charge in [-0.2, -0.15) is 0 Å². The Labute approximate surface area is 195 Å². The number of hydrogen-bond acceptors (Lipinski definition) is 6. The van der Waals surface area contributed by atoms with E-state index in [0.29, 0.717) is 30.1 Å². The molecule has 0 N–H and O–H groups in total. The van der Waals surface area contributed by atoms with E-state index in [1.165, 1.54) is 0 Å². The average molecular weight is 469 g/mol. The molecule has 33 heavy (non-hydrogen) atoms. The third-order valence-corrected chi connectivity index (χ3v) is 7.92. The van der Waals surface area contributed by atoms with Gasteiger partial charge in [0.1, 0.15) is 0 Å². The summed E-state index contributed by atoms with van der Waals surface area (Å²) in [7, 11) is 2.71. The number of fused-ring (bicyclic) bond motifs is 3. The third-order valence-electron chi connectivity index (χ3n) is 6.15. The molecule has 0 amide bonds. The van der Waals surface area contributed by atoms with Crippen molar-refractivity contribution in [3.8, 4) is 28.4 Å². The summed E-state index contributed by atoms with van der Waals surface area (Å²) in [5.41, 5.74) is 4.55. The van der Waals surface area contributed by atoms with E-state index in [-0.39, 0.29) is 15.9 Å². The lowest BCUT2D eigenvalue weighted by Crippen LogP contribution is -2.07. The number of ether oxygens (including phenoxy) is 4. The van der Waals surface area contributed by atoms with E-state index in [1.54, 1.807) is 64.8 Å². The fraction of sp³-hybridized carbons (Fsp3) is 0.308. The van der Waals surface area contributed by atoms with Gasteiger partial charge in [0.05, 0.1) is 37.2 Å². The number of methoxy groups -OCH3 is 4. The largest absolute Gasteiger partial charge is 0.493 e. The van der Waals surface area contributed by atoms with Crippen LogP contribution in [0.1, 0.15) is 29.2 Å². The van der Waals surface area contributed by atoms with E-state index in [2.05, 4.69) is 0 Å². The molecule has 3 aromatic carbocycles. The maximum Gasteiger partial charge on any atom is 0.206 e. The molecule has 0 aromatic heterocycles. The molecule has 6 nitrogen and oxygen atoms in total. The average Bonchev–Trinajstić information content (AvgIpc) is 2.98. The second-order valence-electron chi connectivity index (χ2n) is 8.01. The zero-order chi connectivity index (χ0) is 23.8. The minimum Gasteiger partial charge on any atom is -0.493 e. The van der Waals surface area contributed by atoms with Gasteiger partial charge in [0.15, 0.2) is 11.5 Å². The van der Waals surface area contributed by atoms with E-state index < -0.39 is 9.84 Å². The highest BCUT2D eigenvalue weighted by atomic mass is 32.2. The molecule has 3 aromatic rings. The van der Waals surface area contributed by atoms with Crippen LogP contribution in [0.2, 0.25) is 0 Å². The van der Waals surface area contributed by atoms with Crippen molar-refractivity contribution in [3.05, 3.63) is 65.2 Å². The standard InChI is InChI=1S/C26H28O6S/c1-16-6-9-18(10-7-16)33(27,28)19-11-12-20-21(15-19)22(29-2)13-8-17-14-23(30-3)25(31-4)26(32-5)24(17)20/h6-7,9-12,14-15,22H,8,13H2,1-5H3. The van der Waals surface area contributed by atoms with Gasteiger partial charge in [-0.05, 0) is 66.8 Å². The van der Waals surface area contributed by atoms with Crippen LogP contribution in [0.3, 0.4) is 0 Å². The van der Waals surface area contributed by atoms with Crippen LogP contribution in [-0.4, -0.2) is 36.9 Å². The lowest BCUT2D eigenvalue weighted by atomic mass is 9.94. The highest BCUT2D eigenvalue weighted by Gasteiger charge is 2.30. The van der Waals surface area contributed by atoms with E-state index in [1.807, 2.05) is 19.1 Å². The molecular formula is C26H28O6S. The van der Waals surface area contributed by atoms with Crippen LogP contribution in [-0.2, 0) is 21.0 Å². The molecule has 0 saturated carbocycles. The Balaban J connectivity index is 1.96. The van der Waals surface area contributed by atoms with Crippen molar-refractivity contribution in [1.82, 2.24) is 0 Å². The van der Waals surface area contributed by atoms with Crippen molar-refractivity contribution in [2.24, 2.45) is 0 Å². The van der Waals surface area contributed by atoms with E-state index >= 15 is 0 Å². The van der Waals surface area contributed by atoms with Crippen molar-refractivity contribution in [2.75, 3.05) is 28.4 Å². The molecule has 1 aliphatic rings. The number of aryl methyl sites for hydroxylation is 2. The predicted octanol–water partition coefficient (Wildman–Crippen LogP) is 5.15. The van der Waals surface area contributed by atoms with Gasteiger partial charge in [-0.3, -0.25) is 0 Å². The van der Waals surface area contributed by atoms with Gasteiger partial charge in [0.25, 0.3) is 0 Å². The lowest BCUT2D eigenvalue weighted by molar-refractivity contribution is 0.0969. The third kappa shape index (κ3) is 3.96. The molecule has 0 bridgehead atoms. The molecule has 0 heterocycles. The smallest absolute Gasteiger partial charge is 0.206 e. The Hall–Kier alpha value is -3.03. The molecule has 0 radical (unpaired) electrons. The summed E-state index contributed by atoms with van der Waals surface area (Å²) < 4.78 is 49.4. The SMILES string of the molecule is COc1cc2c(c(OC)c1OC)-c1ccc(S(=O)(=O)c3ccc(C)cc3)cc1C(OC)CC2. The lowest BCUT2D eigenvalue weighted by Gasteiger charge is -2.21. The van der Waals surface area contributed by atoms with Crippen LogP contribution in [0.25, 0.3) is 11.1 Å². The van der Waals surface area contributed by atoms with Gasteiger partial charge >= 0.3 is 0 Å². The van der Waals surface area contributed by atoms with Crippen molar-refractivity contribution in [1.29, 1.82) is 0 Å². The topological polar surface area (TPSA) is 71.1 Å². The normalized spacial score (nSPS) is 15.2. The van der Waals surface area contributed by atoms with Gasteiger partial charge in [0.2, 0.25) is 15.6 Å². The summed E-state index contributed by atoms with van der Waals surface area (Å²) in [4.78, 5) is 0.495. The van der Waals surface area contributed by atoms with Crippen molar-refractivity contribution in [3.63, 3.8) is 0 Å². The molecule has 174 valence electrons. The first kappa shape index (κ1) is 23.1. The molecule has 0 spiro atoms. The first-order valence-electron chi connectivity index (χ1n) is 10.7. The van der Waals surface area contributed by atoms with E-state index in [0.717, 1.165) is 27.8 Å². The highest BCUT2D eigenvalue weighted by Crippen LogP contribution is 2.51. The Morgan fingerprint density at radius 3 is 2.09 bits per heavy atom. The van der Waals surface area contributed by atoms with Crippen molar-refractivity contribution in [2.45, 2.75) is 35.7 Å². The van der Waals surface area contributed by atoms with Gasteiger partial charge in [-0.15, -0.1) is 0 Å². The second-order valence-corrected chi connectivity index (χ2v) is 9.96. The number of sulfone groups is 1. The zero-order valence-electron chi connectivity index (χ0n) is 19.5. The van der Waals surface area contributed by atoms with Crippen LogP contribution in [0.4, 0.5) is 0 Å².